The minimum atomic E-state index is -0.260. The molecule has 0 bridgehead atoms. The number of hydrogen-bond acceptors (Lipinski definition) is 3. The summed E-state index contributed by atoms with van der Waals surface area (Å²) in [4.78, 5) is 25.9. The SMILES string of the molecule is CCCN1C(=O)CCc2cc(NC(=O)Nc3cccs3)ccc21. The molecule has 1 aliphatic heterocycles. The standard InChI is InChI=1S/C17H19N3O2S/c1-2-9-20-14-7-6-13(11-12(14)5-8-16(20)21)18-17(22)19-15-4-3-10-23-15/h3-4,6-7,10-11H,2,5,8-9H2,1H3,(H2,18,19,22). The molecule has 0 saturated heterocycles. The monoisotopic (exact) mass is 329 g/mol. The van der Waals surface area contributed by atoms with Gasteiger partial charge in [0, 0.05) is 24.3 Å². The molecule has 0 aliphatic carbocycles. The highest BCUT2D eigenvalue weighted by atomic mass is 32.1. The number of urea groups is 1. The zero-order chi connectivity index (χ0) is 16.2. The largest absolute Gasteiger partial charge is 0.324 e. The Morgan fingerprint density at radius 2 is 2.13 bits per heavy atom. The van der Waals surface area contributed by atoms with Crippen molar-refractivity contribution in [3.8, 4) is 0 Å². The van der Waals surface area contributed by atoms with Gasteiger partial charge in [0.2, 0.25) is 5.91 Å². The highest BCUT2D eigenvalue weighted by Crippen LogP contribution is 2.30. The number of hydrogen-bond donors (Lipinski definition) is 2. The van der Waals surface area contributed by atoms with Gasteiger partial charge in [-0.15, -0.1) is 11.3 Å². The molecule has 5 nitrogen and oxygen atoms in total. The summed E-state index contributed by atoms with van der Waals surface area (Å²) in [6.45, 7) is 2.80. The number of aryl methyl sites for hydroxylation is 1. The lowest BCUT2D eigenvalue weighted by Gasteiger charge is -2.29. The van der Waals surface area contributed by atoms with E-state index in [1.54, 1.807) is 0 Å². The van der Waals surface area contributed by atoms with Crippen LogP contribution in [-0.4, -0.2) is 18.5 Å². The van der Waals surface area contributed by atoms with Crippen LogP contribution in [0.5, 0.6) is 0 Å². The number of benzene rings is 1. The summed E-state index contributed by atoms with van der Waals surface area (Å²) in [5.74, 6) is 0.176. The normalized spacial score (nSPS) is 13.6. The van der Waals surface area contributed by atoms with E-state index in [2.05, 4.69) is 17.6 Å². The number of carbonyl (C=O) groups excluding carboxylic acids is 2. The summed E-state index contributed by atoms with van der Waals surface area (Å²) >= 11 is 1.47. The van der Waals surface area contributed by atoms with Crippen LogP contribution in [0.15, 0.2) is 35.7 Å². The minimum Gasteiger partial charge on any atom is -0.312 e. The molecule has 2 aromatic rings. The Labute approximate surface area is 139 Å². The first kappa shape index (κ1) is 15.6. The van der Waals surface area contributed by atoms with E-state index < -0.39 is 0 Å². The van der Waals surface area contributed by atoms with E-state index in [1.807, 2.05) is 40.6 Å². The van der Waals surface area contributed by atoms with E-state index >= 15 is 0 Å². The minimum absolute atomic E-state index is 0.176. The molecule has 0 fully saturated rings. The zero-order valence-corrected chi connectivity index (χ0v) is 13.8. The van der Waals surface area contributed by atoms with Gasteiger partial charge >= 0.3 is 6.03 Å². The van der Waals surface area contributed by atoms with Gasteiger partial charge in [-0.25, -0.2) is 4.79 Å². The van der Waals surface area contributed by atoms with Gasteiger partial charge in [-0.05, 0) is 54.1 Å². The molecule has 23 heavy (non-hydrogen) atoms. The third-order valence-electron chi connectivity index (χ3n) is 3.74. The molecule has 0 saturated carbocycles. The number of nitrogens with one attached hydrogen (secondary N) is 2. The first-order valence-corrected chi connectivity index (χ1v) is 8.60. The van der Waals surface area contributed by atoms with Gasteiger partial charge in [0.05, 0.1) is 5.00 Å². The fourth-order valence-corrected chi connectivity index (χ4v) is 3.34. The molecule has 1 aromatic heterocycles. The van der Waals surface area contributed by atoms with Crippen LogP contribution in [0.3, 0.4) is 0 Å². The third-order valence-corrected chi connectivity index (χ3v) is 4.53. The maximum Gasteiger partial charge on any atom is 0.324 e. The van der Waals surface area contributed by atoms with Crippen molar-refractivity contribution in [2.75, 3.05) is 22.1 Å². The lowest BCUT2D eigenvalue weighted by molar-refractivity contribution is -0.118. The molecule has 120 valence electrons. The predicted molar refractivity (Wildman–Crippen MR) is 94.4 cm³/mol. The topological polar surface area (TPSA) is 61.4 Å². The van der Waals surface area contributed by atoms with Crippen LogP contribution < -0.4 is 15.5 Å². The lowest BCUT2D eigenvalue weighted by atomic mass is 10.00. The first-order valence-electron chi connectivity index (χ1n) is 7.72. The van der Waals surface area contributed by atoms with Crippen LogP contribution in [0.4, 0.5) is 21.2 Å². The second-order valence-electron chi connectivity index (χ2n) is 5.45. The number of rotatable bonds is 4. The van der Waals surface area contributed by atoms with Crippen LogP contribution in [0, 0.1) is 0 Å². The molecule has 2 N–H and O–H groups in total. The smallest absolute Gasteiger partial charge is 0.312 e. The van der Waals surface area contributed by atoms with Gasteiger partial charge < -0.3 is 10.2 Å². The van der Waals surface area contributed by atoms with Gasteiger partial charge in [-0.1, -0.05) is 6.92 Å². The molecular formula is C17H19N3O2S. The van der Waals surface area contributed by atoms with Crippen molar-refractivity contribution in [1.82, 2.24) is 0 Å². The number of nitrogens with zero attached hydrogens (tertiary/aromatic N) is 1. The molecule has 0 radical (unpaired) electrons. The third kappa shape index (κ3) is 3.53. The number of anilines is 3. The average molecular weight is 329 g/mol. The fraction of sp³-hybridized carbons (Fsp3) is 0.294. The van der Waals surface area contributed by atoms with Gasteiger partial charge in [-0.3, -0.25) is 10.1 Å². The molecule has 0 atom stereocenters. The van der Waals surface area contributed by atoms with Crippen LogP contribution in [0.25, 0.3) is 0 Å². The van der Waals surface area contributed by atoms with Crippen molar-refractivity contribution in [3.05, 3.63) is 41.3 Å². The van der Waals surface area contributed by atoms with Crippen LogP contribution in [0.2, 0.25) is 0 Å². The van der Waals surface area contributed by atoms with Crippen molar-refractivity contribution < 1.29 is 9.59 Å². The Balaban J connectivity index is 1.73. The van der Waals surface area contributed by atoms with Gasteiger partial charge in [0.25, 0.3) is 0 Å². The predicted octanol–water partition coefficient (Wildman–Crippen LogP) is 4.08. The summed E-state index contributed by atoms with van der Waals surface area (Å²) in [5.41, 5.74) is 2.81. The summed E-state index contributed by atoms with van der Waals surface area (Å²) in [7, 11) is 0. The fourth-order valence-electron chi connectivity index (χ4n) is 2.73. The maximum atomic E-state index is 12.0. The van der Waals surface area contributed by atoms with Crippen molar-refractivity contribution in [2.45, 2.75) is 26.2 Å². The number of amides is 3. The van der Waals surface area contributed by atoms with Crippen molar-refractivity contribution in [3.63, 3.8) is 0 Å². The van der Waals surface area contributed by atoms with Gasteiger partial charge in [0.15, 0.2) is 0 Å². The van der Waals surface area contributed by atoms with Crippen LogP contribution in [-0.2, 0) is 11.2 Å². The second kappa shape index (κ2) is 6.83. The van der Waals surface area contributed by atoms with Crippen LogP contribution in [0.1, 0.15) is 25.3 Å². The molecule has 1 aromatic carbocycles. The van der Waals surface area contributed by atoms with E-state index in [1.165, 1.54) is 11.3 Å². The highest BCUT2D eigenvalue weighted by molar-refractivity contribution is 7.14. The second-order valence-corrected chi connectivity index (χ2v) is 6.39. The Hall–Kier alpha value is -2.34. The van der Waals surface area contributed by atoms with E-state index in [4.69, 9.17) is 0 Å². The Morgan fingerprint density at radius 3 is 2.87 bits per heavy atom. The molecule has 6 heteroatoms. The Morgan fingerprint density at radius 1 is 1.26 bits per heavy atom. The number of carbonyl (C=O) groups is 2. The van der Waals surface area contributed by atoms with E-state index in [0.29, 0.717) is 6.42 Å². The van der Waals surface area contributed by atoms with E-state index in [0.717, 1.165) is 41.3 Å². The van der Waals surface area contributed by atoms with Crippen molar-refractivity contribution >= 4 is 39.7 Å². The average Bonchev–Trinajstić information content (AvgIpc) is 3.03. The molecule has 2 heterocycles. The highest BCUT2D eigenvalue weighted by Gasteiger charge is 2.23. The summed E-state index contributed by atoms with van der Waals surface area (Å²) < 4.78 is 0. The zero-order valence-electron chi connectivity index (χ0n) is 13.0. The van der Waals surface area contributed by atoms with E-state index in [-0.39, 0.29) is 11.9 Å². The number of fused-ring (bicyclic) bond motifs is 1. The molecule has 1 aliphatic rings. The first-order chi connectivity index (χ1) is 11.2. The maximum absolute atomic E-state index is 12.0. The lowest BCUT2D eigenvalue weighted by Crippen LogP contribution is -2.35. The van der Waals surface area contributed by atoms with Crippen LogP contribution >= 0.6 is 11.3 Å². The van der Waals surface area contributed by atoms with Crippen molar-refractivity contribution in [1.29, 1.82) is 0 Å². The van der Waals surface area contributed by atoms with Gasteiger partial charge in [0.1, 0.15) is 0 Å². The van der Waals surface area contributed by atoms with E-state index in [9.17, 15) is 9.59 Å². The summed E-state index contributed by atoms with van der Waals surface area (Å²) in [6.07, 6.45) is 2.17. The van der Waals surface area contributed by atoms with Gasteiger partial charge in [-0.2, -0.15) is 0 Å². The Kier molecular flexibility index (Phi) is 4.62. The summed E-state index contributed by atoms with van der Waals surface area (Å²) in [6, 6.07) is 9.20. The molecule has 0 unspecified atom stereocenters. The summed E-state index contributed by atoms with van der Waals surface area (Å²) in [5, 5.41) is 8.35. The molecule has 3 rings (SSSR count). The molecule has 0 spiro atoms. The Bertz CT molecular complexity index is 713. The molecular weight excluding hydrogens is 310 g/mol. The molecule has 3 amide bonds. The quantitative estimate of drug-likeness (QED) is 0.888. The number of thiophene rings is 1. The van der Waals surface area contributed by atoms with Crippen molar-refractivity contribution in [2.24, 2.45) is 0 Å².